The Bertz CT molecular complexity index is 844. The number of aliphatic hydroxyl groups is 1. The molecule has 1 aromatic rings. The Morgan fingerprint density at radius 1 is 1.42 bits per heavy atom. The van der Waals surface area contributed by atoms with Gasteiger partial charge in [0.1, 0.15) is 11.4 Å². The smallest absolute Gasteiger partial charge is 0.219 e. The molecule has 4 aliphatic rings. The number of hydrogen-bond acceptors (Lipinski definition) is 4. The monoisotopic (exact) mass is 325 g/mol. The van der Waals surface area contributed by atoms with Crippen molar-refractivity contribution in [3.63, 3.8) is 0 Å². The van der Waals surface area contributed by atoms with Crippen molar-refractivity contribution in [2.75, 3.05) is 6.54 Å². The highest BCUT2D eigenvalue weighted by molar-refractivity contribution is 5.99. The summed E-state index contributed by atoms with van der Waals surface area (Å²) in [6, 6.07) is 3.69. The molecule has 5 nitrogen and oxygen atoms in total. The predicted molar refractivity (Wildman–Crippen MR) is 85.9 cm³/mol. The number of nitrogens with zero attached hydrogens (tertiary/aromatic N) is 1. The van der Waals surface area contributed by atoms with Gasteiger partial charge in [0.2, 0.25) is 5.91 Å². The molecule has 24 heavy (non-hydrogen) atoms. The second kappa shape index (κ2) is 4.09. The van der Waals surface area contributed by atoms with E-state index in [1.807, 2.05) is 13.0 Å². The lowest BCUT2D eigenvalue weighted by molar-refractivity contribution is -0.165. The summed E-state index contributed by atoms with van der Waals surface area (Å²) in [5.41, 5.74) is 1.03. The number of carbonyl (C=O) groups is 2. The highest BCUT2D eigenvalue weighted by Crippen LogP contribution is 2.62. The molecule has 0 aromatic heterocycles. The van der Waals surface area contributed by atoms with Gasteiger partial charge in [0, 0.05) is 19.0 Å². The molecule has 4 atom stereocenters. The van der Waals surface area contributed by atoms with Gasteiger partial charge < -0.3 is 14.7 Å². The molecule has 5 rings (SSSR count). The van der Waals surface area contributed by atoms with Gasteiger partial charge >= 0.3 is 0 Å². The third-order valence-corrected chi connectivity index (χ3v) is 6.49. The van der Waals surface area contributed by atoms with Gasteiger partial charge in [0.15, 0.2) is 11.9 Å². The first-order chi connectivity index (χ1) is 11.4. The highest BCUT2D eigenvalue weighted by Gasteiger charge is 2.72. The topological polar surface area (TPSA) is 66.8 Å². The SMILES string of the molecule is CC(=O)N1CC[C@]23c4c5ccc(C)c4O[C@H]2C(=O)C=C[C@@]3(O)[C@H]1C5. The molecule has 1 amide bonds. The number of ketones is 1. The Morgan fingerprint density at radius 2 is 2.21 bits per heavy atom. The quantitative estimate of drug-likeness (QED) is 0.774. The van der Waals surface area contributed by atoms with Crippen LogP contribution in [-0.2, 0) is 21.4 Å². The number of rotatable bonds is 0. The van der Waals surface area contributed by atoms with Gasteiger partial charge in [-0.2, -0.15) is 0 Å². The van der Waals surface area contributed by atoms with Crippen LogP contribution in [0, 0.1) is 6.92 Å². The molecule has 1 saturated heterocycles. The fourth-order valence-electron chi connectivity index (χ4n) is 5.45. The van der Waals surface area contributed by atoms with Crippen molar-refractivity contribution < 1.29 is 19.4 Å². The zero-order chi connectivity index (χ0) is 16.9. The van der Waals surface area contributed by atoms with Crippen molar-refractivity contribution >= 4 is 11.7 Å². The molecule has 0 saturated carbocycles. The van der Waals surface area contributed by atoms with Gasteiger partial charge in [-0.05, 0) is 43.0 Å². The van der Waals surface area contributed by atoms with E-state index in [1.54, 1.807) is 11.0 Å². The minimum Gasteiger partial charge on any atom is -0.481 e. The maximum Gasteiger partial charge on any atom is 0.219 e. The summed E-state index contributed by atoms with van der Waals surface area (Å²) in [5.74, 6) is 0.612. The molecule has 2 aliphatic heterocycles. The van der Waals surface area contributed by atoms with Crippen molar-refractivity contribution in [2.45, 2.75) is 49.9 Å². The molecule has 1 aromatic carbocycles. The number of piperidine rings is 1. The van der Waals surface area contributed by atoms with E-state index in [4.69, 9.17) is 4.74 Å². The zero-order valence-electron chi connectivity index (χ0n) is 13.7. The Morgan fingerprint density at radius 3 is 2.96 bits per heavy atom. The van der Waals surface area contributed by atoms with Crippen LogP contribution < -0.4 is 4.74 Å². The maximum absolute atomic E-state index is 12.6. The summed E-state index contributed by atoms with van der Waals surface area (Å²) >= 11 is 0. The van der Waals surface area contributed by atoms with Crippen LogP contribution >= 0.6 is 0 Å². The van der Waals surface area contributed by atoms with Gasteiger partial charge in [-0.25, -0.2) is 0 Å². The second-order valence-corrected chi connectivity index (χ2v) is 7.46. The molecular formula is C19H19NO4. The summed E-state index contributed by atoms with van der Waals surface area (Å²) in [6.07, 6.45) is 3.47. The van der Waals surface area contributed by atoms with Crippen LogP contribution in [0.15, 0.2) is 24.3 Å². The molecular weight excluding hydrogens is 306 g/mol. The average Bonchev–Trinajstić information content (AvgIpc) is 2.88. The third kappa shape index (κ3) is 1.29. The first-order valence-corrected chi connectivity index (χ1v) is 8.42. The van der Waals surface area contributed by atoms with Crippen molar-refractivity contribution in [3.8, 4) is 5.75 Å². The van der Waals surface area contributed by atoms with Crippen molar-refractivity contribution in [3.05, 3.63) is 41.0 Å². The largest absolute Gasteiger partial charge is 0.481 e. The number of likely N-dealkylation sites (tertiary alicyclic amines) is 1. The van der Waals surface area contributed by atoms with Gasteiger partial charge in [0.05, 0.1) is 11.5 Å². The van der Waals surface area contributed by atoms with Crippen LogP contribution in [0.4, 0.5) is 0 Å². The van der Waals surface area contributed by atoms with Crippen LogP contribution in [0.1, 0.15) is 30.0 Å². The number of hydrogen-bond donors (Lipinski definition) is 1. The molecule has 0 unspecified atom stereocenters. The fourth-order valence-corrected chi connectivity index (χ4v) is 5.45. The van der Waals surface area contributed by atoms with E-state index in [2.05, 4.69) is 6.07 Å². The Balaban J connectivity index is 1.86. The number of amides is 1. The maximum atomic E-state index is 12.6. The summed E-state index contributed by atoms with van der Waals surface area (Å²) in [5, 5.41) is 11.7. The molecule has 124 valence electrons. The summed E-state index contributed by atoms with van der Waals surface area (Å²) in [7, 11) is 0. The second-order valence-electron chi connectivity index (χ2n) is 7.46. The molecule has 2 aliphatic carbocycles. The molecule has 1 spiro atoms. The van der Waals surface area contributed by atoms with Gasteiger partial charge in [-0.3, -0.25) is 9.59 Å². The lowest BCUT2D eigenvalue weighted by atomic mass is 9.50. The van der Waals surface area contributed by atoms with Crippen LogP contribution in [0.25, 0.3) is 0 Å². The Kier molecular flexibility index (Phi) is 2.42. The number of carbonyl (C=O) groups excluding carboxylic acids is 2. The Hall–Kier alpha value is -2.14. The minimum absolute atomic E-state index is 0.0418. The number of aryl methyl sites for hydroxylation is 1. The van der Waals surface area contributed by atoms with Crippen molar-refractivity contribution in [1.29, 1.82) is 0 Å². The Labute approximate surface area is 139 Å². The standard InChI is InChI=1S/C19H19NO4/c1-10-3-4-12-9-14-19(23)6-5-13(22)17-18(19,15(12)16(10)24-17)7-8-20(14)11(2)21/h3-6,14,17,23H,7-9H2,1-2H3/t14-,17+,18+,19-/m1/s1. The molecule has 0 radical (unpaired) electrons. The van der Waals surface area contributed by atoms with Crippen LogP contribution in [-0.4, -0.2) is 46.0 Å². The van der Waals surface area contributed by atoms with E-state index in [9.17, 15) is 14.7 Å². The fraction of sp³-hybridized carbons (Fsp3) is 0.474. The first-order valence-electron chi connectivity index (χ1n) is 8.42. The summed E-state index contributed by atoms with van der Waals surface area (Å²) in [4.78, 5) is 26.5. The molecule has 1 fully saturated rings. The van der Waals surface area contributed by atoms with Gasteiger partial charge in [-0.15, -0.1) is 0 Å². The van der Waals surface area contributed by atoms with E-state index in [0.717, 1.165) is 22.4 Å². The number of ether oxygens (including phenoxy) is 1. The highest BCUT2D eigenvalue weighted by atomic mass is 16.5. The molecule has 5 heteroatoms. The number of benzene rings is 1. The van der Waals surface area contributed by atoms with E-state index in [1.165, 1.54) is 13.0 Å². The molecule has 2 heterocycles. The van der Waals surface area contributed by atoms with Gasteiger partial charge in [-0.1, -0.05) is 12.1 Å². The van der Waals surface area contributed by atoms with E-state index in [-0.39, 0.29) is 17.7 Å². The normalized spacial score (nSPS) is 38.0. The first kappa shape index (κ1) is 14.2. The van der Waals surface area contributed by atoms with Crippen LogP contribution in [0.2, 0.25) is 0 Å². The lowest BCUT2D eigenvalue weighted by Gasteiger charge is -2.60. The van der Waals surface area contributed by atoms with Crippen LogP contribution in [0.5, 0.6) is 5.75 Å². The van der Waals surface area contributed by atoms with E-state index in [0.29, 0.717) is 19.4 Å². The lowest BCUT2D eigenvalue weighted by Crippen LogP contribution is -2.75. The summed E-state index contributed by atoms with van der Waals surface area (Å²) < 4.78 is 6.12. The third-order valence-electron chi connectivity index (χ3n) is 6.49. The van der Waals surface area contributed by atoms with Crippen molar-refractivity contribution in [2.24, 2.45) is 0 Å². The van der Waals surface area contributed by atoms with E-state index >= 15 is 0 Å². The summed E-state index contributed by atoms with van der Waals surface area (Å²) in [6.45, 7) is 4.05. The van der Waals surface area contributed by atoms with Gasteiger partial charge in [0.25, 0.3) is 0 Å². The predicted octanol–water partition coefficient (Wildman–Crippen LogP) is 1.04. The minimum atomic E-state index is -1.26. The van der Waals surface area contributed by atoms with Crippen molar-refractivity contribution in [1.82, 2.24) is 4.90 Å². The van der Waals surface area contributed by atoms with E-state index < -0.39 is 17.1 Å². The zero-order valence-corrected chi connectivity index (χ0v) is 13.7. The average molecular weight is 325 g/mol. The molecule has 1 N–H and O–H groups in total. The van der Waals surface area contributed by atoms with Crippen LogP contribution in [0.3, 0.4) is 0 Å². The molecule has 2 bridgehead atoms.